The monoisotopic (exact) mass is 226 g/mol. The highest BCUT2D eigenvalue weighted by molar-refractivity contribution is 5.93. The van der Waals surface area contributed by atoms with Crippen LogP contribution in [0.2, 0.25) is 0 Å². The standard InChI is InChI=1S/C11H18N2O3/c1-2-15-5-3-4-13-11(14)9-6-10(7-12)16-8-9/h6,8H,2-5,7,12H2,1H3,(H,13,14). The lowest BCUT2D eigenvalue weighted by atomic mass is 10.3. The molecule has 0 unspecified atom stereocenters. The van der Waals surface area contributed by atoms with Gasteiger partial charge in [0.2, 0.25) is 0 Å². The van der Waals surface area contributed by atoms with Gasteiger partial charge in [-0.25, -0.2) is 0 Å². The molecule has 3 N–H and O–H groups in total. The number of amides is 1. The van der Waals surface area contributed by atoms with Crippen LogP contribution in [0.1, 0.15) is 29.5 Å². The predicted octanol–water partition coefficient (Wildman–Crippen LogP) is 0.895. The number of hydrogen-bond acceptors (Lipinski definition) is 4. The van der Waals surface area contributed by atoms with Gasteiger partial charge in [0.05, 0.1) is 12.1 Å². The van der Waals surface area contributed by atoms with Crippen molar-refractivity contribution in [2.45, 2.75) is 19.9 Å². The summed E-state index contributed by atoms with van der Waals surface area (Å²) in [5, 5.41) is 2.78. The minimum absolute atomic E-state index is 0.139. The SMILES string of the molecule is CCOCCCNC(=O)c1coc(CN)c1. The molecule has 0 atom stereocenters. The molecule has 1 amide bonds. The molecule has 0 saturated heterocycles. The highest BCUT2D eigenvalue weighted by Crippen LogP contribution is 2.06. The van der Waals surface area contributed by atoms with E-state index in [4.69, 9.17) is 14.9 Å². The second-order valence-corrected chi connectivity index (χ2v) is 3.31. The van der Waals surface area contributed by atoms with Crippen LogP contribution < -0.4 is 11.1 Å². The summed E-state index contributed by atoms with van der Waals surface area (Å²) < 4.78 is 10.2. The highest BCUT2D eigenvalue weighted by Gasteiger charge is 2.08. The van der Waals surface area contributed by atoms with Crippen LogP contribution in [0.4, 0.5) is 0 Å². The van der Waals surface area contributed by atoms with Gasteiger partial charge < -0.3 is 20.2 Å². The molecule has 16 heavy (non-hydrogen) atoms. The maximum Gasteiger partial charge on any atom is 0.254 e. The third kappa shape index (κ3) is 4.04. The number of carbonyl (C=O) groups is 1. The quantitative estimate of drug-likeness (QED) is 0.677. The van der Waals surface area contributed by atoms with Crippen LogP contribution in [-0.2, 0) is 11.3 Å². The lowest BCUT2D eigenvalue weighted by Gasteiger charge is -2.03. The zero-order chi connectivity index (χ0) is 11.8. The fourth-order valence-corrected chi connectivity index (χ4v) is 1.23. The smallest absolute Gasteiger partial charge is 0.254 e. The zero-order valence-corrected chi connectivity index (χ0v) is 9.49. The third-order valence-electron chi connectivity index (χ3n) is 2.07. The molecule has 0 saturated carbocycles. The Kier molecular flexibility index (Phi) is 5.60. The molecule has 0 radical (unpaired) electrons. The van der Waals surface area contributed by atoms with Gasteiger partial charge in [0, 0.05) is 19.8 Å². The van der Waals surface area contributed by atoms with Crippen LogP contribution in [-0.4, -0.2) is 25.7 Å². The summed E-state index contributed by atoms with van der Waals surface area (Å²) in [5.41, 5.74) is 5.89. The summed E-state index contributed by atoms with van der Waals surface area (Å²) in [5.74, 6) is 0.472. The number of nitrogens with one attached hydrogen (secondary N) is 1. The van der Waals surface area contributed by atoms with Crippen molar-refractivity contribution in [3.8, 4) is 0 Å². The molecular formula is C11H18N2O3. The van der Waals surface area contributed by atoms with Crippen LogP contribution in [0.25, 0.3) is 0 Å². The van der Waals surface area contributed by atoms with E-state index in [0.717, 1.165) is 6.42 Å². The Morgan fingerprint density at radius 3 is 3.06 bits per heavy atom. The fourth-order valence-electron chi connectivity index (χ4n) is 1.23. The summed E-state index contributed by atoms with van der Waals surface area (Å²) in [6.07, 6.45) is 2.22. The minimum Gasteiger partial charge on any atom is -0.467 e. The van der Waals surface area contributed by atoms with E-state index in [2.05, 4.69) is 5.32 Å². The molecule has 0 aromatic carbocycles. The van der Waals surface area contributed by atoms with Crippen molar-refractivity contribution in [3.63, 3.8) is 0 Å². The first-order chi connectivity index (χ1) is 7.77. The number of carbonyl (C=O) groups excluding carboxylic acids is 1. The molecule has 1 heterocycles. The molecule has 90 valence electrons. The van der Waals surface area contributed by atoms with Gasteiger partial charge in [0.15, 0.2) is 0 Å². The van der Waals surface area contributed by atoms with Crippen molar-refractivity contribution in [2.75, 3.05) is 19.8 Å². The van der Waals surface area contributed by atoms with Gasteiger partial charge in [-0.05, 0) is 19.4 Å². The second-order valence-electron chi connectivity index (χ2n) is 3.31. The molecule has 0 aliphatic carbocycles. The van der Waals surface area contributed by atoms with Crippen LogP contribution in [0, 0.1) is 0 Å². The molecule has 1 aromatic rings. The van der Waals surface area contributed by atoms with Crippen molar-refractivity contribution in [1.29, 1.82) is 0 Å². The molecule has 0 spiro atoms. The van der Waals surface area contributed by atoms with E-state index in [1.54, 1.807) is 6.07 Å². The Morgan fingerprint density at radius 2 is 2.44 bits per heavy atom. The van der Waals surface area contributed by atoms with Crippen molar-refractivity contribution in [3.05, 3.63) is 23.7 Å². The first-order valence-electron chi connectivity index (χ1n) is 5.41. The van der Waals surface area contributed by atoms with Gasteiger partial charge in [-0.2, -0.15) is 0 Å². The Morgan fingerprint density at radius 1 is 1.62 bits per heavy atom. The summed E-state index contributed by atoms with van der Waals surface area (Å²) in [7, 11) is 0. The number of rotatable bonds is 7. The third-order valence-corrected chi connectivity index (χ3v) is 2.07. The normalized spacial score (nSPS) is 10.4. The summed E-state index contributed by atoms with van der Waals surface area (Å²) in [4.78, 5) is 11.6. The molecule has 0 fully saturated rings. The predicted molar refractivity (Wildman–Crippen MR) is 60.0 cm³/mol. The van der Waals surface area contributed by atoms with Crippen LogP contribution in [0.15, 0.2) is 16.7 Å². The minimum atomic E-state index is -0.139. The second kappa shape index (κ2) is 7.03. The zero-order valence-electron chi connectivity index (χ0n) is 9.49. The van der Waals surface area contributed by atoms with Crippen LogP contribution in [0.3, 0.4) is 0 Å². The molecule has 0 aliphatic heterocycles. The van der Waals surface area contributed by atoms with E-state index in [1.165, 1.54) is 6.26 Å². The van der Waals surface area contributed by atoms with Crippen molar-refractivity contribution in [2.24, 2.45) is 5.73 Å². The Labute approximate surface area is 94.9 Å². The van der Waals surface area contributed by atoms with E-state index in [1.807, 2.05) is 6.92 Å². The molecular weight excluding hydrogens is 208 g/mol. The van der Waals surface area contributed by atoms with E-state index in [-0.39, 0.29) is 5.91 Å². The Hall–Kier alpha value is -1.33. The van der Waals surface area contributed by atoms with Crippen LogP contribution >= 0.6 is 0 Å². The van der Waals surface area contributed by atoms with Crippen molar-refractivity contribution in [1.82, 2.24) is 5.32 Å². The first kappa shape index (κ1) is 12.7. The van der Waals surface area contributed by atoms with Crippen LogP contribution in [0.5, 0.6) is 0 Å². The largest absolute Gasteiger partial charge is 0.467 e. The van der Waals surface area contributed by atoms with E-state index < -0.39 is 0 Å². The summed E-state index contributed by atoms with van der Waals surface area (Å²) in [6.45, 7) is 4.21. The van der Waals surface area contributed by atoms with Gasteiger partial charge in [-0.1, -0.05) is 0 Å². The highest BCUT2D eigenvalue weighted by atomic mass is 16.5. The number of nitrogens with two attached hydrogens (primary N) is 1. The topological polar surface area (TPSA) is 77.5 Å². The maximum atomic E-state index is 11.6. The first-order valence-corrected chi connectivity index (χ1v) is 5.41. The van der Waals surface area contributed by atoms with Gasteiger partial charge in [0.1, 0.15) is 12.0 Å². The van der Waals surface area contributed by atoms with Crippen molar-refractivity contribution < 1.29 is 13.9 Å². The lowest BCUT2D eigenvalue weighted by Crippen LogP contribution is -2.24. The molecule has 1 aromatic heterocycles. The van der Waals surface area contributed by atoms with Gasteiger partial charge in [0.25, 0.3) is 5.91 Å². The molecule has 5 nitrogen and oxygen atoms in total. The average Bonchev–Trinajstić information content (AvgIpc) is 2.77. The van der Waals surface area contributed by atoms with E-state index in [9.17, 15) is 4.79 Å². The van der Waals surface area contributed by atoms with E-state index in [0.29, 0.717) is 37.6 Å². The van der Waals surface area contributed by atoms with Gasteiger partial charge >= 0.3 is 0 Å². The maximum absolute atomic E-state index is 11.6. The number of hydrogen-bond donors (Lipinski definition) is 2. The summed E-state index contributed by atoms with van der Waals surface area (Å²) in [6, 6.07) is 1.65. The Balaban J connectivity index is 2.24. The number of furan rings is 1. The molecule has 0 aliphatic rings. The fraction of sp³-hybridized carbons (Fsp3) is 0.545. The molecule has 5 heteroatoms. The van der Waals surface area contributed by atoms with Gasteiger partial charge in [-0.15, -0.1) is 0 Å². The molecule has 0 bridgehead atoms. The summed E-state index contributed by atoms with van der Waals surface area (Å²) >= 11 is 0. The average molecular weight is 226 g/mol. The van der Waals surface area contributed by atoms with E-state index >= 15 is 0 Å². The Bertz CT molecular complexity index is 323. The van der Waals surface area contributed by atoms with Gasteiger partial charge in [-0.3, -0.25) is 4.79 Å². The molecule has 1 rings (SSSR count). The van der Waals surface area contributed by atoms with Crippen molar-refractivity contribution >= 4 is 5.91 Å². The number of ether oxygens (including phenoxy) is 1. The lowest BCUT2D eigenvalue weighted by molar-refractivity contribution is 0.0943.